The first-order valence-corrected chi connectivity index (χ1v) is 14.6. The molecule has 0 aliphatic heterocycles. The first-order chi connectivity index (χ1) is 18.0. The van der Waals surface area contributed by atoms with E-state index in [0.29, 0.717) is 18.7 Å². The van der Waals surface area contributed by atoms with Crippen LogP contribution in [-0.4, -0.2) is 50.5 Å². The van der Waals surface area contributed by atoms with Crippen LogP contribution in [0.4, 0.5) is 5.69 Å². The number of likely N-dealkylation sites (N-methyl/N-ethyl adjacent to an activating group) is 1. The van der Waals surface area contributed by atoms with E-state index in [4.69, 9.17) is 0 Å². The number of rotatable bonds is 11. The monoisotopic (exact) mass is 535 g/mol. The second-order valence-electron chi connectivity index (χ2n) is 9.67. The Morgan fingerprint density at radius 2 is 1.53 bits per heavy atom. The Labute approximate surface area is 226 Å². The van der Waals surface area contributed by atoms with Gasteiger partial charge in [0, 0.05) is 19.5 Å². The van der Waals surface area contributed by atoms with Crippen LogP contribution in [0.15, 0.2) is 72.8 Å². The lowest BCUT2D eigenvalue weighted by atomic mass is 10.0. The zero-order chi connectivity index (χ0) is 27.9. The Bertz CT molecular complexity index is 1370. The molecule has 1 N–H and O–H groups in total. The summed E-state index contributed by atoms with van der Waals surface area (Å²) >= 11 is 0. The highest BCUT2D eigenvalue weighted by Crippen LogP contribution is 2.25. The second-order valence-corrected chi connectivity index (χ2v) is 11.6. The number of nitrogens with zero attached hydrogens (tertiary/aromatic N) is 2. The standard InChI is InChI=1S/C30H37N3O4S/c1-6-31-30(35)28(19-25-12-8-7-9-13-25)32(20-26-14-10-11-22(2)17-26)29(34)21-33(38(5,36)37)27-18-23(3)15-16-24(27)4/h7-18,28H,6,19-21H2,1-5H3,(H,31,35)/t28-/m1/s1. The van der Waals surface area contributed by atoms with Crippen LogP contribution in [-0.2, 0) is 32.6 Å². The van der Waals surface area contributed by atoms with Crippen molar-refractivity contribution < 1.29 is 18.0 Å². The Kier molecular flexibility index (Phi) is 9.69. The molecule has 202 valence electrons. The van der Waals surface area contributed by atoms with E-state index in [2.05, 4.69) is 5.32 Å². The minimum absolute atomic E-state index is 0.166. The molecular weight excluding hydrogens is 498 g/mol. The Balaban J connectivity index is 2.07. The SMILES string of the molecule is CCNC(=O)[C@@H](Cc1ccccc1)N(Cc1cccc(C)c1)C(=O)CN(c1cc(C)ccc1C)S(C)(=O)=O. The maximum absolute atomic E-state index is 14.0. The predicted molar refractivity (Wildman–Crippen MR) is 152 cm³/mol. The molecule has 0 aliphatic carbocycles. The van der Waals surface area contributed by atoms with E-state index in [1.807, 2.05) is 94.4 Å². The van der Waals surface area contributed by atoms with Crippen molar-refractivity contribution in [3.63, 3.8) is 0 Å². The highest BCUT2D eigenvalue weighted by Gasteiger charge is 2.33. The van der Waals surface area contributed by atoms with Crippen molar-refractivity contribution in [2.45, 2.75) is 46.7 Å². The number of nitrogens with one attached hydrogen (secondary N) is 1. The number of amides is 2. The van der Waals surface area contributed by atoms with Gasteiger partial charge in [-0.05, 0) is 56.0 Å². The number of aryl methyl sites for hydroxylation is 3. The predicted octanol–water partition coefficient (Wildman–Crippen LogP) is 4.15. The molecule has 8 heteroatoms. The molecule has 3 aromatic carbocycles. The van der Waals surface area contributed by atoms with Crippen molar-refractivity contribution in [3.8, 4) is 0 Å². The third-order valence-corrected chi connectivity index (χ3v) is 7.50. The van der Waals surface area contributed by atoms with Gasteiger partial charge in [0.15, 0.2) is 0 Å². The topological polar surface area (TPSA) is 86.8 Å². The van der Waals surface area contributed by atoms with E-state index in [9.17, 15) is 18.0 Å². The lowest BCUT2D eigenvalue weighted by Crippen LogP contribution is -2.53. The number of sulfonamides is 1. The third-order valence-electron chi connectivity index (χ3n) is 6.37. The number of hydrogen-bond acceptors (Lipinski definition) is 4. The molecule has 0 saturated carbocycles. The van der Waals surface area contributed by atoms with Crippen molar-refractivity contribution in [3.05, 3.63) is 101 Å². The average molecular weight is 536 g/mol. The number of carbonyl (C=O) groups excluding carboxylic acids is 2. The summed E-state index contributed by atoms with van der Waals surface area (Å²) < 4.78 is 27.0. The molecule has 7 nitrogen and oxygen atoms in total. The van der Waals surface area contributed by atoms with Crippen molar-refractivity contribution >= 4 is 27.5 Å². The minimum atomic E-state index is -3.80. The molecule has 3 rings (SSSR count). The van der Waals surface area contributed by atoms with E-state index < -0.39 is 28.5 Å². The van der Waals surface area contributed by atoms with Crippen LogP contribution in [0.25, 0.3) is 0 Å². The Morgan fingerprint density at radius 3 is 2.16 bits per heavy atom. The maximum atomic E-state index is 14.0. The molecule has 0 aromatic heterocycles. The van der Waals surface area contributed by atoms with E-state index in [1.165, 1.54) is 4.90 Å². The van der Waals surface area contributed by atoms with Gasteiger partial charge in [0.05, 0.1) is 11.9 Å². The summed E-state index contributed by atoms with van der Waals surface area (Å²) in [5.74, 6) is -0.736. The Morgan fingerprint density at radius 1 is 0.868 bits per heavy atom. The number of anilines is 1. The van der Waals surface area contributed by atoms with Crippen LogP contribution in [0.2, 0.25) is 0 Å². The number of carbonyl (C=O) groups is 2. The van der Waals surface area contributed by atoms with E-state index in [1.54, 1.807) is 6.07 Å². The molecule has 0 saturated heterocycles. The quantitative estimate of drug-likeness (QED) is 0.400. The molecule has 0 bridgehead atoms. The van der Waals surface area contributed by atoms with Crippen molar-refractivity contribution in [2.75, 3.05) is 23.7 Å². The normalized spacial score (nSPS) is 12.0. The fourth-order valence-electron chi connectivity index (χ4n) is 4.44. The molecule has 1 atom stereocenters. The molecule has 0 radical (unpaired) electrons. The highest BCUT2D eigenvalue weighted by atomic mass is 32.2. The molecule has 3 aromatic rings. The zero-order valence-corrected chi connectivity index (χ0v) is 23.6. The van der Waals surface area contributed by atoms with Gasteiger partial charge in [-0.1, -0.05) is 72.3 Å². The summed E-state index contributed by atoms with van der Waals surface area (Å²) in [5.41, 5.74) is 4.87. The molecule has 0 aliphatic rings. The number of hydrogen-bond donors (Lipinski definition) is 1. The van der Waals surface area contributed by atoms with Crippen molar-refractivity contribution in [1.29, 1.82) is 0 Å². The molecule has 38 heavy (non-hydrogen) atoms. The lowest BCUT2D eigenvalue weighted by Gasteiger charge is -2.34. The van der Waals surface area contributed by atoms with Gasteiger partial charge in [0.25, 0.3) is 0 Å². The summed E-state index contributed by atoms with van der Waals surface area (Å²) in [4.78, 5) is 28.9. The molecule has 2 amide bonds. The smallest absolute Gasteiger partial charge is 0.244 e. The van der Waals surface area contributed by atoms with Crippen molar-refractivity contribution in [1.82, 2.24) is 10.2 Å². The van der Waals surface area contributed by atoms with Crippen LogP contribution < -0.4 is 9.62 Å². The summed E-state index contributed by atoms with van der Waals surface area (Å²) in [6.45, 7) is 7.64. The lowest BCUT2D eigenvalue weighted by molar-refractivity contribution is -0.140. The van der Waals surface area contributed by atoms with E-state index >= 15 is 0 Å². The minimum Gasteiger partial charge on any atom is -0.355 e. The first-order valence-electron chi connectivity index (χ1n) is 12.7. The summed E-state index contributed by atoms with van der Waals surface area (Å²) in [6, 6.07) is 21.9. The first kappa shape index (κ1) is 28.9. The van der Waals surface area contributed by atoms with Crippen molar-refractivity contribution in [2.24, 2.45) is 0 Å². The van der Waals surface area contributed by atoms with Crippen LogP contribution in [0.1, 0.15) is 34.7 Å². The largest absolute Gasteiger partial charge is 0.355 e. The fraction of sp³-hybridized carbons (Fsp3) is 0.333. The van der Waals surface area contributed by atoms with Gasteiger partial charge in [0.2, 0.25) is 21.8 Å². The molecule has 0 fully saturated rings. The van der Waals surface area contributed by atoms with Gasteiger partial charge in [-0.2, -0.15) is 0 Å². The number of benzene rings is 3. The summed E-state index contributed by atoms with van der Waals surface area (Å²) in [6.07, 6.45) is 1.39. The van der Waals surface area contributed by atoms with Crippen LogP contribution in [0.5, 0.6) is 0 Å². The second kappa shape index (κ2) is 12.7. The zero-order valence-electron chi connectivity index (χ0n) is 22.8. The molecule has 0 heterocycles. The van der Waals surface area contributed by atoms with Crippen LogP contribution >= 0.6 is 0 Å². The van der Waals surface area contributed by atoms with E-state index in [-0.39, 0.29) is 12.5 Å². The van der Waals surface area contributed by atoms with Crippen LogP contribution in [0.3, 0.4) is 0 Å². The highest BCUT2D eigenvalue weighted by molar-refractivity contribution is 7.92. The van der Waals surface area contributed by atoms with E-state index in [0.717, 1.165) is 38.4 Å². The summed E-state index contributed by atoms with van der Waals surface area (Å²) in [5, 5.41) is 2.87. The van der Waals surface area contributed by atoms with Gasteiger partial charge in [-0.3, -0.25) is 13.9 Å². The van der Waals surface area contributed by atoms with Gasteiger partial charge >= 0.3 is 0 Å². The Hall–Kier alpha value is -3.65. The summed E-state index contributed by atoms with van der Waals surface area (Å²) in [7, 11) is -3.80. The van der Waals surface area contributed by atoms with Crippen LogP contribution in [0, 0.1) is 20.8 Å². The van der Waals surface area contributed by atoms with Gasteiger partial charge < -0.3 is 10.2 Å². The molecule has 0 spiro atoms. The fourth-order valence-corrected chi connectivity index (χ4v) is 5.34. The van der Waals surface area contributed by atoms with Gasteiger partial charge in [-0.15, -0.1) is 0 Å². The molecular formula is C30H37N3O4S. The third kappa shape index (κ3) is 7.68. The van der Waals surface area contributed by atoms with Gasteiger partial charge in [-0.25, -0.2) is 8.42 Å². The maximum Gasteiger partial charge on any atom is 0.244 e. The average Bonchev–Trinajstić information content (AvgIpc) is 2.86. The van der Waals surface area contributed by atoms with Gasteiger partial charge in [0.1, 0.15) is 12.6 Å². The molecule has 0 unspecified atom stereocenters.